The monoisotopic (exact) mass is 414 g/mol. The maximum Gasteiger partial charge on any atom is 0.255 e. The zero-order valence-corrected chi connectivity index (χ0v) is 18.4. The van der Waals surface area contributed by atoms with Gasteiger partial charge in [0.1, 0.15) is 0 Å². The molecular formula is C26H26N2OS. The maximum atomic E-state index is 13.0. The summed E-state index contributed by atoms with van der Waals surface area (Å²) in [4.78, 5) is 15.3. The van der Waals surface area contributed by atoms with Crippen molar-refractivity contribution in [1.29, 1.82) is 0 Å². The number of anilines is 2. The van der Waals surface area contributed by atoms with E-state index in [0.717, 1.165) is 34.6 Å². The number of hydrogen-bond acceptors (Lipinski definition) is 3. The van der Waals surface area contributed by atoms with Crippen molar-refractivity contribution >= 4 is 38.7 Å². The first-order valence-corrected chi connectivity index (χ1v) is 11.2. The van der Waals surface area contributed by atoms with Crippen molar-refractivity contribution in [2.45, 2.75) is 20.8 Å². The number of nitrogens with one attached hydrogen (secondary N) is 1. The maximum absolute atomic E-state index is 13.0. The molecule has 30 heavy (non-hydrogen) atoms. The van der Waals surface area contributed by atoms with Gasteiger partial charge >= 0.3 is 0 Å². The van der Waals surface area contributed by atoms with Crippen molar-refractivity contribution in [3.8, 4) is 11.1 Å². The molecule has 0 saturated heterocycles. The van der Waals surface area contributed by atoms with Gasteiger partial charge in [0.15, 0.2) is 0 Å². The van der Waals surface area contributed by atoms with E-state index in [-0.39, 0.29) is 5.91 Å². The highest BCUT2D eigenvalue weighted by molar-refractivity contribution is 7.17. The van der Waals surface area contributed by atoms with E-state index in [2.05, 4.69) is 78.8 Å². The van der Waals surface area contributed by atoms with Crippen LogP contribution in [0.15, 0.2) is 72.1 Å². The van der Waals surface area contributed by atoms with Crippen LogP contribution >= 0.6 is 11.3 Å². The fraction of sp³-hybridized carbons (Fsp3) is 0.192. The van der Waals surface area contributed by atoms with Crippen LogP contribution in [0, 0.1) is 6.92 Å². The summed E-state index contributed by atoms with van der Waals surface area (Å²) in [5.74, 6) is -0.0887. The van der Waals surface area contributed by atoms with E-state index in [4.69, 9.17) is 0 Å². The van der Waals surface area contributed by atoms with Crippen LogP contribution in [0.5, 0.6) is 0 Å². The van der Waals surface area contributed by atoms with Gasteiger partial charge in [-0.2, -0.15) is 0 Å². The second-order valence-electron chi connectivity index (χ2n) is 7.40. The quantitative estimate of drug-likeness (QED) is 0.369. The molecule has 4 aromatic rings. The highest BCUT2D eigenvalue weighted by Gasteiger charge is 2.13. The van der Waals surface area contributed by atoms with Gasteiger partial charge in [0.05, 0.1) is 0 Å². The first-order chi connectivity index (χ1) is 14.6. The third kappa shape index (κ3) is 4.10. The lowest BCUT2D eigenvalue weighted by atomic mass is 9.98. The normalized spacial score (nSPS) is 10.9. The molecule has 1 amide bonds. The molecule has 1 aromatic heterocycles. The number of carbonyl (C=O) groups is 1. The molecule has 0 aliphatic rings. The molecule has 0 aliphatic heterocycles. The van der Waals surface area contributed by atoms with E-state index >= 15 is 0 Å². The fourth-order valence-corrected chi connectivity index (χ4v) is 4.57. The molecule has 0 atom stereocenters. The average Bonchev–Trinajstić information content (AvgIpc) is 3.24. The summed E-state index contributed by atoms with van der Waals surface area (Å²) >= 11 is 1.66. The first-order valence-electron chi connectivity index (χ1n) is 10.3. The highest BCUT2D eigenvalue weighted by atomic mass is 32.1. The lowest BCUT2D eigenvalue weighted by molar-refractivity contribution is 0.102. The smallest absolute Gasteiger partial charge is 0.255 e. The van der Waals surface area contributed by atoms with Crippen molar-refractivity contribution in [1.82, 2.24) is 0 Å². The third-order valence-corrected chi connectivity index (χ3v) is 6.31. The van der Waals surface area contributed by atoms with Gasteiger partial charge in [-0.05, 0) is 79.7 Å². The van der Waals surface area contributed by atoms with E-state index < -0.39 is 0 Å². The molecule has 1 N–H and O–H groups in total. The van der Waals surface area contributed by atoms with Gasteiger partial charge in [0.25, 0.3) is 5.91 Å². The van der Waals surface area contributed by atoms with Gasteiger partial charge < -0.3 is 10.2 Å². The lowest BCUT2D eigenvalue weighted by Crippen LogP contribution is -2.21. The predicted molar refractivity (Wildman–Crippen MR) is 130 cm³/mol. The summed E-state index contributed by atoms with van der Waals surface area (Å²) in [6.45, 7) is 8.30. The van der Waals surface area contributed by atoms with Gasteiger partial charge in [-0.25, -0.2) is 0 Å². The minimum atomic E-state index is -0.0887. The second-order valence-corrected chi connectivity index (χ2v) is 8.34. The van der Waals surface area contributed by atoms with Crippen LogP contribution in [-0.4, -0.2) is 19.0 Å². The molecule has 1 heterocycles. The summed E-state index contributed by atoms with van der Waals surface area (Å²) < 4.78 is 1.12. The van der Waals surface area contributed by atoms with Crippen molar-refractivity contribution in [2.75, 3.05) is 23.3 Å². The zero-order chi connectivity index (χ0) is 21.1. The Kier molecular flexibility index (Phi) is 5.86. The van der Waals surface area contributed by atoms with E-state index in [9.17, 15) is 4.79 Å². The molecule has 0 radical (unpaired) electrons. The molecule has 4 rings (SSSR count). The van der Waals surface area contributed by atoms with Crippen LogP contribution in [0.3, 0.4) is 0 Å². The number of carbonyl (C=O) groups excluding carboxylic acids is 1. The number of aryl methyl sites for hydroxylation is 1. The van der Waals surface area contributed by atoms with Gasteiger partial charge in [-0.1, -0.05) is 29.8 Å². The van der Waals surface area contributed by atoms with E-state index in [1.807, 2.05) is 24.3 Å². The molecule has 0 saturated carbocycles. The number of hydrogen-bond donors (Lipinski definition) is 1. The Balaban J connectivity index is 1.63. The Hall–Kier alpha value is -3.11. The minimum Gasteiger partial charge on any atom is -0.372 e. The highest BCUT2D eigenvalue weighted by Crippen LogP contribution is 2.34. The molecule has 3 nitrogen and oxygen atoms in total. The van der Waals surface area contributed by atoms with Gasteiger partial charge in [-0.15, -0.1) is 11.3 Å². The summed E-state index contributed by atoms with van der Waals surface area (Å²) in [6, 6.07) is 22.6. The van der Waals surface area contributed by atoms with Crippen LogP contribution < -0.4 is 10.2 Å². The first kappa shape index (κ1) is 20.2. The topological polar surface area (TPSA) is 32.3 Å². The second kappa shape index (κ2) is 8.72. The Morgan fingerprint density at radius 3 is 2.30 bits per heavy atom. The minimum absolute atomic E-state index is 0.0887. The van der Waals surface area contributed by atoms with E-state index in [1.165, 1.54) is 16.6 Å². The van der Waals surface area contributed by atoms with E-state index in [1.54, 1.807) is 11.3 Å². The summed E-state index contributed by atoms with van der Waals surface area (Å²) in [7, 11) is 0. The van der Waals surface area contributed by atoms with Gasteiger partial charge in [-0.3, -0.25) is 4.79 Å². The summed E-state index contributed by atoms with van der Waals surface area (Å²) in [5.41, 5.74) is 6.09. The van der Waals surface area contributed by atoms with Crippen LogP contribution in [0.2, 0.25) is 0 Å². The molecule has 0 unspecified atom stereocenters. The van der Waals surface area contributed by atoms with Crippen LogP contribution in [-0.2, 0) is 0 Å². The Labute approximate surface area is 182 Å². The molecule has 152 valence electrons. The fourth-order valence-electron chi connectivity index (χ4n) is 3.72. The van der Waals surface area contributed by atoms with Crippen molar-refractivity contribution in [3.63, 3.8) is 0 Å². The largest absolute Gasteiger partial charge is 0.372 e. The Morgan fingerprint density at radius 1 is 0.933 bits per heavy atom. The molecule has 0 fully saturated rings. The Morgan fingerprint density at radius 2 is 1.63 bits per heavy atom. The molecule has 0 bridgehead atoms. The Bertz CT molecular complexity index is 1160. The average molecular weight is 415 g/mol. The number of thiophene rings is 1. The number of rotatable bonds is 6. The van der Waals surface area contributed by atoms with Crippen LogP contribution in [0.4, 0.5) is 11.4 Å². The third-order valence-electron chi connectivity index (χ3n) is 5.45. The molecular weight excluding hydrogens is 388 g/mol. The summed E-state index contributed by atoms with van der Waals surface area (Å²) in [6.07, 6.45) is 0. The molecule has 3 aromatic carbocycles. The van der Waals surface area contributed by atoms with Gasteiger partial charge in [0.2, 0.25) is 0 Å². The summed E-state index contributed by atoms with van der Waals surface area (Å²) in [5, 5.41) is 6.32. The number of fused-ring (bicyclic) bond motifs is 1. The molecule has 0 aliphatic carbocycles. The SMILES string of the molecule is CCN(CC)c1ccc(NC(=O)c2cc(-c3ccc(C)cc3)c3ccsc3c2)cc1. The van der Waals surface area contributed by atoms with Crippen LogP contribution in [0.1, 0.15) is 29.8 Å². The molecule has 4 heteroatoms. The van der Waals surface area contributed by atoms with Crippen LogP contribution in [0.25, 0.3) is 21.2 Å². The van der Waals surface area contributed by atoms with Crippen molar-refractivity contribution < 1.29 is 4.79 Å². The number of nitrogens with zero attached hydrogens (tertiary/aromatic N) is 1. The predicted octanol–water partition coefficient (Wildman–Crippen LogP) is 6.98. The van der Waals surface area contributed by atoms with Gasteiger partial charge in [0, 0.05) is 40.1 Å². The van der Waals surface area contributed by atoms with E-state index in [0.29, 0.717) is 5.56 Å². The number of benzene rings is 3. The standard InChI is InChI=1S/C26H26N2OS/c1-4-28(5-2)22-12-10-21(11-13-22)27-26(29)20-16-24(19-8-6-18(3)7-9-19)23-14-15-30-25(23)17-20/h6-17H,4-5H2,1-3H3,(H,27,29). The molecule has 0 spiro atoms. The van der Waals surface area contributed by atoms with Crippen molar-refractivity contribution in [3.05, 3.63) is 83.2 Å². The van der Waals surface area contributed by atoms with Crippen molar-refractivity contribution in [2.24, 2.45) is 0 Å². The lowest BCUT2D eigenvalue weighted by Gasteiger charge is -2.21. The zero-order valence-electron chi connectivity index (χ0n) is 17.6. The number of amides is 1.